The van der Waals surface area contributed by atoms with Crippen LogP contribution in [0.5, 0.6) is 0 Å². The first-order valence-electron chi connectivity index (χ1n) is 4.30. The lowest BCUT2D eigenvalue weighted by Gasteiger charge is -2.18. The van der Waals surface area contributed by atoms with Gasteiger partial charge in [0.05, 0.1) is 0 Å². The molecule has 0 aromatic carbocycles. The summed E-state index contributed by atoms with van der Waals surface area (Å²) in [7, 11) is 3.75. The molecule has 0 unspecified atom stereocenters. The number of carbonyl (C=O) groups is 1. The Bertz CT molecular complexity index is 122. The average Bonchev–Trinajstić information content (AvgIpc) is 1.88. The van der Waals surface area contributed by atoms with E-state index in [1.54, 1.807) is 0 Å². The molecule has 0 spiro atoms. The van der Waals surface area contributed by atoms with Crippen molar-refractivity contribution in [2.45, 2.75) is 33.6 Å². The predicted octanol–water partition coefficient (Wildman–Crippen LogP) is 1.13. The maximum atomic E-state index is 10.6. The molecule has 0 heterocycles. The summed E-state index contributed by atoms with van der Waals surface area (Å²) in [5.41, 5.74) is 4.81. The third-order valence-corrected chi connectivity index (χ3v) is 1.54. The van der Waals surface area contributed by atoms with E-state index in [1.807, 2.05) is 34.9 Å². The molecule has 0 rings (SSSR count). The van der Waals surface area contributed by atoms with Crippen LogP contribution in [0.3, 0.4) is 0 Å². The summed E-state index contributed by atoms with van der Waals surface area (Å²) in [6, 6.07) is 0. The van der Waals surface area contributed by atoms with E-state index in [1.165, 1.54) is 0 Å². The largest absolute Gasteiger partial charge is 0.369 e. The first kappa shape index (κ1) is 14.0. The Morgan fingerprint density at radius 3 is 1.83 bits per heavy atom. The van der Waals surface area contributed by atoms with Crippen LogP contribution in [0.4, 0.5) is 0 Å². The van der Waals surface area contributed by atoms with E-state index in [0.717, 1.165) is 12.8 Å². The first-order valence-corrected chi connectivity index (χ1v) is 4.30. The average molecular weight is 174 g/mol. The first-order chi connectivity index (χ1) is 5.42. The van der Waals surface area contributed by atoms with Crippen molar-refractivity contribution in [1.29, 1.82) is 0 Å². The molecule has 0 atom stereocenters. The van der Waals surface area contributed by atoms with Crippen LogP contribution in [0.2, 0.25) is 0 Å². The van der Waals surface area contributed by atoms with Crippen LogP contribution >= 0.6 is 0 Å². The molecule has 74 valence electrons. The van der Waals surface area contributed by atoms with Crippen molar-refractivity contribution < 1.29 is 4.79 Å². The van der Waals surface area contributed by atoms with Crippen molar-refractivity contribution in [3.05, 3.63) is 0 Å². The van der Waals surface area contributed by atoms with E-state index in [2.05, 4.69) is 5.32 Å². The summed E-state index contributed by atoms with van der Waals surface area (Å²) < 4.78 is 0. The van der Waals surface area contributed by atoms with Crippen LogP contribution in [-0.4, -0.2) is 20.0 Å². The second kappa shape index (κ2) is 7.10. The Labute approximate surface area is 75.7 Å². The third-order valence-electron chi connectivity index (χ3n) is 1.54. The highest BCUT2D eigenvalue weighted by Gasteiger charge is 2.22. The minimum Gasteiger partial charge on any atom is -0.369 e. The molecular weight excluding hydrogens is 152 g/mol. The molecule has 3 heteroatoms. The molecule has 12 heavy (non-hydrogen) atoms. The van der Waals surface area contributed by atoms with E-state index in [4.69, 9.17) is 5.73 Å². The molecule has 0 fully saturated rings. The maximum absolute atomic E-state index is 10.6. The van der Waals surface area contributed by atoms with Crippen molar-refractivity contribution in [3.63, 3.8) is 0 Å². The van der Waals surface area contributed by atoms with Crippen LogP contribution < -0.4 is 11.1 Å². The Hall–Kier alpha value is -0.570. The standard InChI is InChI=1S/C7H15NO.C2H7N/c1-4-5-7(2,3)6(8)9;1-3-2/h4-5H2,1-3H3,(H2,8,9);3H,1-2H3. The van der Waals surface area contributed by atoms with Gasteiger partial charge in [-0.25, -0.2) is 0 Å². The van der Waals surface area contributed by atoms with Gasteiger partial charge in [0.15, 0.2) is 0 Å². The minimum absolute atomic E-state index is 0.204. The molecule has 3 nitrogen and oxygen atoms in total. The zero-order valence-corrected chi connectivity index (χ0v) is 8.90. The van der Waals surface area contributed by atoms with E-state index in [-0.39, 0.29) is 11.3 Å². The van der Waals surface area contributed by atoms with Crippen LogP contribution in [0.25, 0.3) is 0 Å². The Kier molecular flexibility index (Phi) is 8.27. The molecular formula is C9H22N2O. The topological polar surface area (TPSA) is 55.1 Å². The lowest BCUT2D eigenvalue weighted by atomic mass is 9.88. The van der Waals surface area contributed by atoms with Crippen LogP contribution in [0, 0.1) is 5.41 Å². The Morgan fingerprint density at radius 1 is 1.42 bits per heavy atom. The lowest BCUT2D eigenvalue weighted by Crippen LogP contribution is -2.31. The van der Waals surface area contributed by atoms with Gasteiger partial charge >= 0.3 is 0 Å². The molecule has 0 aliphatic rings. The number of rotatable bonds is 3. The van der Waals surface area contributed by atoms with Gasteiger partial charge < -0.3 is 11.1 Å². The van der Waals surface area contributed by atoms with E-state index in [0.29, 0.717) is 0 Å². The lowest BCUT2D eigenvalue weighted by molar-refractivity contribution is -0.126. The fourth-order valence-corrected chi connectivity index (χ4v) is 0.748. The number of hydrogen-bond acceptors (Lipinski definition) is 2. The zero-order chi connectivity index (χ0) is 10.2. The van der Waals surface area contributed by atoms with Crippen molar-refractivity contribution >= 4 is 5.91 Å². The number of hydrogen-bond donors (Lipinski definition) is 2. The van der Waals surface area contributed by atoms with Gasteiger partial charge in [0.25, 0.3) is 0 Å². The molecule has 3 N–H and O–H groups in total. The minimum atomic E-state index is -0.311. The van der Waals surface area contributed by atoms with E-state index >= 15 is 0 Å². The van der Waals surface area contributed by atoms with Gasteiger partial charge in [-0.15, -0.1) is 0 Å². The number of nitrogens with one attached hydrogen (secondary N) is 1. The Morgan fingerprint density at radius 2 is 1.75 bits per heavy atom. The molecule has 0 aliphatic heterocycles. The molecule has 1 amide bonds. The molecule has 0 aliphatic carbocycles. The number of amides is 1. The molecule has 0 aromatic heterocycles. The molecule has 0 radical (unpaired) electrons. The summed E-state index contributed by atoms with van der Waals surface area (Å²) in [6.45, 7) is 5.79. The maximum Gasteiger partial charge on any atom is 0.223 e. The van der Waals surface area contributed by atoms with Crippen LogP contribution in [-0.2, 0) is 4.79 Å². The third kappa shape index (κ3) is 7.54. The van der Waals surface area contributed by atoms with Crippen molar-refractivity contribution in [1.82, 2.24) is 5.32 Å². The highest BCUT2D eigenvalue weighted by molar-refractivity contribution is 5.79. The van der Waals surface area contributed by atoms with Gasteiger partial charge in [-0.3, -0.25) is 4.79 Å². The van der Waals surface area contributed by atoms with Gasteiger partial charge in [-0.1, -0.05) is 27.2 Å². The highest BCUT2D eigenvalue weighted by atomic mass is 16.1. The number of nitrogens with two attached hydrogens (primary N) is 1. The van der Waals surface area contributed by atoms with Gasteiger partial charge in [-0.2, -0.15) is 0 Å². The summed E-state index contributed by atoms with van der Waals surface area (Å²) in [4.78, 5) is 10.6. The summed E-state index contributed by atoms with van der Waals surface area (Å²) in [5.74, 6) is -0.204. The second-order valence-electron chi connectivity index (χ2n) is 3.50. The second-order valence-corrected chi connectivity index (χ2v) is 3.50. The van der Waals surface area contributed by atoms with Crippen LogP contribution in [0.15, 0.2) is 0 Å². The fourth-order valence-electron chi connectivity index (χ4n) is 0.748. The monoisotopic (exact) mass is 174 g/mol. The normalized spacial score (nSPS) is 10.1. The van der Waals surface area contributed by atoms with Gasteiger partial charge in [0.2, 0.25) is 5.91 Å². The predicted molar refractivity (Wildman–Crippen MR) is 52.9 cm³/mol. The summed E-state index contributed by atoms with van der Waals surface area (Å²) in [5, 5.41) is 2.75. The molecule has 0 aromatic rings. The quantitative estimate of drug-likeness (QED) is 0.674. The highest BCUT2D eigenvalue weighted by Crippen LogP contribution is 2.20. The number of carbonyl (C=O) groups excluding carboxylic acids is 1. The van der Waals surface area contributed by atoms with Gasteiger partial charge in [0, 0.05) is 5.41 Å². The molecule has 0 bridgehead atoms. The summed E-state index contributed by atoms with van der Waals surface area (Å²) >= 11 is 0. The van der Waals surface area contributed by atoms with Crippen molar-refractivity contribution in [3.8, 4) is 0 Å². The Balaban J connectivity index is 0. The van der Waals surface area contributed by atoms with E-state index < -0.39 is 0 Å². The SMILES string of the molecule is CCCC(C)(C)C(N)=O.CNC. The van der Waals surface area contributed by atoms with E-state index in [9.17, 15) is 4.79 Å². The van der Waals surface area contributed by atoms with Gasteiger partial charge in [-0.05, 0) is 20.5 Å². The van der Waals surface area contributed by atoms with Gasteiger partial charge in [0.1, 0.15) is 0 Å². The zero-order valence-electron chi connectivity index (χ0n) is 8.90. The van der Waals surface area contributed by atoms with Crippen LogP contribution in [0.1, 0.15) is 33.6 Å². The molecule has 0 saturated carbocycles. The smallest absolute Gasteiger partial charge is 0.223 e. The molecule has 0 saturated heterocycles. The van der Waals surface area contributed by atoms with Crippen molar-refractivity contribution in [2.24, 2.45) is 11.1 Å². The summed E-state index contributed by atoms with van der Waals surface area (Å²) in [6.07, 6.45) is 1.89. The van der Waals surface area contributed by atoms with Crippen molar-refractivity contribution in [2.75, 3.05) is 14.1 Å². The fraction of sp³-hybridized carbons (Fsp3) is 0.889. The number of primary amides is 1.